The van der Waals surface area contributed by atoms with Crippen molar-refractivity contribution in [3.05, 3.63) is 22.9 Å². The van der Waals surface area contributed by atoms with Crippen LogP contribution in [-0.2, 0) is 11.3 Å². The normalized spacial score (nSPS) is 11.9. The molecule has 0 aromatic carbocycles. The van der Waals surface area contributed by atoms with E-state index in [9.17, 15) is 9.59 Å². The highest BCUT2D eigenvalue weighted by Crippen LogP contribution is 2.00. The van der Waals surface area contributed by atoms with Gasteiger partial charge in [0.25, 0.3) is 0 Å². The van der Waals surface area contributed by atoms with Gasteiger partial charge < -0.3 is 5.32 Å². The molecule has 1 N–H and O–H groups in total. The van der Waals surface area contributed by atoms with Gasteiger partial charge in [0.15, 0.2) is 0 Å². The molecule has 1 aromatic rings. The number of nitrogens with one attached hydrogen (secondary N) is 1. The number of nitrogens with zero attached hydrogens (tertiary/aromatic N) is 2. The summed E-state index contributed by atoms with van der Waals surface area (Å²) in [5.74, 6) is -0.152. The fourth-order valence-corrected chi connectivity index (χ4v) is 1.55. The molecule has 0 bridgehead atoms. The van der Waals surface area contributed by atoms with E-state index in [-0.39, 0.29) is 29.7 Å². The van der Waals surface area contributed by atoms with Gasteiger partial charge in [-0.05, 0) is 34.6 Å². The first-order chi connectivity index (χ1) is 7.70. The van der Waals surface area contributed by atoms with Crippen molar-refractivity contribution in [1.29, 1.82) is 0 Å². The Balaban J connectivity index is 2.77. The smallest absolute Gasteiger partial charge is 0.328 e. The number of imidazole rings is 1. The molecule has 1 rings (SSSR count). The second-order valence-corrected chi connectivity index (χ2v) is 5.51. The van der Waals surface area contributed by atoms with Gasteiger partial charge in [-0.2, -0.15) is 0 Å². The molecule has 0 atom stereocenters. The largest absolute Gasteiger partial charge is 0.350 e. The fraction of sp³-hybridized carbons (Fsp3) is 0.667. The Morgan fingerprint density at radius 1 is 1.35 bits per heavy atom. The second kappa shape index (κ2) is 4.77. The minimum absolute atomic E-state index is 0.0653. The van der Waals surface area contributed by atoms with E-state index in [1.54, 1.807) is 17.0 Å². The van der Waals surface area contributed by atoms with Gasteiger partial charge >= 0.3 is 5.69 Å². The van der Waals surface area contributed by atoms with Crippen molar-refractivity contribution in [3.63, 3.8) is 0 Å². The van der Waals surface area contributed by atoms with Crippen LogP contribution in [0.3, 0.4) is 0 Å². The minimum atomic E-state index is -0.276. The van der Waals surface area contributed by atoms with Gasteiger partial charge in [-0.3, -0.25) is 13.9 Å². The highest BCUT2D eigenvalue weighted by Gasteiger charge is 2.15. The van der Waals surface area contributed by atoms with Crippen LogP contribution in [0.1, 0.15) is 40.7 Å². The zero-order chi connectivity index (χ0) is 13.2. The van der Waals surface area contributed by atoms with E-state index in [2.05, 4.69) is 5.32 Å². The van der Waals surface area contributed by atoms with Crippen LogP contribution in [0.25, 0.3) is 0 Å². The summed E-state index contributed by atoms with van der Waals surface area (Å²) in [5.41, 5.74) is -0.426. The molecule has 1 heterocycles. The van der Waals surface area contributed by atoms with Crippen molar-refractivity contribution in [2.75, 3.05) is 0 Å². The van der Waals surface area contributed by atoms with Crippen molar-refractivity contribution < 1.29 is 4.79 Å². The van der Waals surface area contributed by atoms with Gasteiger partial charge in [0.2, 0.25) is 5.91 Å². The third-order valence-electron chi connectivity index (χ3n) is 2.26. The SMILES string of the molecule is CC(C)n1ccn(CC(=O)NC(C)(C)C)c1=O. The highest BCUT2D eigenvalue weighted by molar-refractivity contribution is 5.76. The van der Waals surface area contributed by atoms with E-state index in [4.69, 9.17) is 0 Å². The lowest BCUT2D eigenvalue weighted by Crippen LogP contribution is -2.43. The molecule has 0 spiro atoms. The maximum atomic E-state index is 11.9. The van der Waals surface area contributed by atoms with Crippen LogP contribution >= 0.6 is 0 Å². The van der Waals surface area contributed by atoms with Crippen LogP contribution in [-0.4, -0.2) is 20.6 Å². The van der Waals surface area contributed by atoms with Crippen LogP contribution in [0.15, 0.2) is 17.2 Å². The molecule has 1 amide bonds. The standard InChI is InChI=1S/C12H21N3O2/c1-9(2)15-7-6-14(11(15)17)8-10(16)13-12(3,4)5/h6-7,9H,8H2,1-5H3,(H,13,16). The minimum Gasteiger partial charge on any atom is -0.350 e. The van der Waals surface area contributed by atoms with Crippen molar-refractivity contribution in [1.82, 2.24) is 14.5 Å². The quantitative estimate of drug-likeness (QED) is 0.860. The molecular formula is C12H21N3O2. The van der Waals surface area contributed by atoms with E-state index < -0.39 is 0 Å². The Labute approximate surface area is 101 Å². The van der Waals surface area contributed by atoms with Crippen LogP contribution in [0, 0.1) is 0 Å². The molecule has 96 valence electrons. The first kappa shape index (κ1) is 13.5. The number of aromatic nitrogens is 2. The summed E-state index contributed by atoms with van der Waals surface area (Å²) < 4.78 is 3.02. The van der Waals surface area contributed by atoms with E-state index in [1.807, 2.05) is 34.6 Å². The van der Waals surface area contributed by atoms with Crippen LogP contribution in [0.2, 0.25) is 0 Å². The Kier molecular flexibility index (Phi) is 3.80. The second-order valence-electron chi connectivity index (χ2n) is 5.51. The molecule has 0 aliphatic rings. The lowest BCUT2D eigenvalue weighted by atomic mass is 10.1. The monoisotopic (exact) mass is 239 g/mol. The average molecular weight is 239 g/mol. The number of amides is 1. The molecule has 5 nitrogen and oxygen atoms in total. The summed E-state index contributed by atoms with van der Waals surface area (Å²) in [4.78, 5) is 23.5. The maximum Gasteiger partial charge on any atom is 0.328 e. The number of hydrogen-bond acceptors (Lipinski definition) is 2. The Hall–Kier alpha value is -1.52. The van der Waals surface area contributed by atoms with Gasteiger partial charge in [-0.15, -0.1) is 0 Å². The predicted molar refractivity (Wildman–Crippen MR) is 67.0 cm³/mol. The third kappa shape index (κ3) is 3.76. The first-order valence-electron chi connectivity index (χ1n) is 5.79. The first-order valence-corrected chi connectivity index (χ1v) is 5.79. The molecule has 0 aliphatic heterocycles. The molecule has 17 heavy (non-hydrogen) atoms. The predicted octanol–water partition coefficient (Wildman–Crippen LogP) is 1.15. The zero-order valence-electron chi connectivity index (χ0n) is 11.2. The molecular weight excluding hydrogens is 218 g/mol. The van der Waals surface area contributed by atoms with Gasteiger partial charge in [0.1, 0.15) is 6.54 Å². The van der Waals surface area contributed by atoms with Gasteiger partial charge in [0, 0.05) is 24.0 Å². The van der Waals surface area contributed by atoms with Crippen LogP contribution < -0.4 is 11.0 Å². The maximum absolute atomic E-state index is 11.9. The lowest BCUT2D eigenvalue weighted by molar-refractivity contribution is -0.123. The van der Waals surface area contributed by atoms with Crippen molar-refractivity contribution in [2.45, 2.75) is 52.7 Å². The van der Waals surface area contributed by atoms with Gasteiger partial charge in [0.05, 0.1) is 0 Å². The Morgan fingerprint density at radius 3 is 2.35 bits per heavy atom. The third-order valence-corrected chi connectivity index (χ3v) is 2.26. The number of carbonyl (C=O) groups is 1. The zero-order valence-corrected chi connectivity index (χ0v) is 11.2. The van der Waals surface area contributed by atoms with E-state index >= 15 is 0 Å². The molecule has 0 aliphatic carbocycles. The number of hydrogen-bond donors (Lipinski definition) is 1. The van der Waals surface area contributed by atoms with Crippen molar-refractivity contribution >= 4 is 5.91 Å². The van der Waals surface area contributed by atoms with Crippen molar-refractivity contribution in [3.8, 4) is 0 Å². The Bertz CT molecular complexity index is 449. The Morgan fingerprint density at radius 2 is 1.94 bits per heavy atom. The molecule has 0 saturated carbocycles. The summed E-state index contributed by atoms with van der Waals surface area (Å²) in [5, 5.41) is 2.83. The summed E-state index contributed by atoms with van der Waals surface area (Å²) in [6.07, 6.45) is 3.35. The average Bonchev–Trinajstić information content (AvgIpc) is 2.44. The molecule has 5 heteroatoms. The van der Waals surface area contributed by atoms with E-state index in [0.29, 0.717) is 0 Å². The molecule has 0 fully saturated rings. The number of carbonyl (C=O) groups excluding carboxylic acids is 1. The topological polar surface area (TPSA) is 56.0 Å². The molecule has 0 radical (unpaired) electrons. The molecule has 0 unspecified atom stereocenters. The summed E-state index contributed by atoms with van der Waals surface area (Å²) in [6.45, 7) is 9.66. The lowest BCUT2D eigenvalue weighted by Gasteiger charge is -2.20. The fourth-order valence-electron chi connectivity index (χ4n) is 1.55. The van der Waals surface area contributed by atoms with Crippen LogP contribution in [0.4, 0.5) is 0 Å². The van der Waals surface area contributed by atoms with E-state index in [1.165, 1.54) is 4.57 Å². The summed E-state index contributed by atoms with van der Waals surface area (Å²) in [7, 11) is 0. The molecule has 0 saturated heterocycles. The molecule has 1 aromatic heterocycles. The highest BCUT2D eigenvalue weighted by atomic mass is 16.2. The van der Waals surface area contributed by atoms with Crippen molar-refractivity contribution in [2.24, 2.45) is 0 Å². The van der Waals surface area contributed by atoms with Gasteiger partial charge in [-0.1, -0.05) is 0 Å². The summed E-state index contributed by atoms with van der Waals surface area (Å²) >= 11 is 0. The van der Waals surface area contributed by atoms with Gasteiger partial charge in [-0.25, -0.2) is 4.79 Å². The van der Waals surface area contributed by atoms with Crippen LogP contribution in [0.5, 0.6) is 0 Å². The van der Waals surface area contributed by atoms with E-state index in [0.717, 1.165) is 0 Å². The number of rotatable bonds is 3. The summed E-state index contributed by atoms with van der Waals surface area (Å²) in [6, 6.07) is 0.106.